The van der Waals surface area contributed by atoms with Gasteiger partial charge in [-0.15, -0.1) is 0 Å². The number of rotatable bonds is 3. The van der Waals surface area contributed by atoms with E-state index in [1.165, 1.54) is 29.2 Å². The molecular weight excluding hydrogens is 311 g/mol. The Labute approximate surface area is 138 Å². The van der Waals surface area contributed by atoms with Gasteiger partial charge in [0.15, 0.2) is 5.65 Å². The van der Waals surface area contributed by atoms with Crippen LogP contribution in [-0.2, 0) is 12.1 Å². The predicted molar refractivity (Wildman–Crippen MR) is 88.1 cm³/mol. The third-order valence-corrected chi connectivity index (χ3v) is 3.82. The van der Waals surface area contributed by atoms with Crippen molar-refractivity contribution in [3.05, 3.63) is 58.5 Å². The molecule has 0 bridgehead atoms. The molecule has 0 spiro atoms. The molecule has 1 aromatic carbocycles. The maximum atomic E-state index is 13.8. The Hall–Kier alpha value is -2.54. The number of hydrogen-bond donors (Lipinski definition) is 1. The molecule has 2 aromatic heterocycles. The van der Waals surface area contributed by atoms with E-state index in [4.69, 9.17) is 0 Å². The molecule has 3 aromatic rings. The largest absolute Gasteiger partial charge is 0.386 e. The lowest BCUT2D eigenvalue weighted by molar-refractivity contribution is 0.150. The van der Waals surface area contributed by atoms with E-state index in [1.807, 2.05) is 20.8 Å². The van der Waals surface area contributed by atoms with Crippen LogP contribution in [0.1, 0.15) is 32.4 Å². The molecule has 6 nitrogen and oxygen atoms in total. The second kappa shape index (κ2) is 5.83. The molecular formula is C17H19FN4O2. The monoisotopic (exact) mass is 330 g/mol. The van der Waals surface area contributed by atoms with Gasteiger partial charge < -0.3 is 5.11 Å². The molecule has 0 aliphatic heterocycles. The van der Waals surface area contributed by atoms with Crippen LogP contribution in [0.2, 0.25) is 0 Å². The maximum absolute atomic E-state index is 13.8. The number of nitrogens with zero attached hydrogens (tertiary/aromatic N) is 4. The van der Waals surface area contributed by atoms with E-state index >= 15 is 0 Å². The molecule has 0 aliphatic carbocycles. The Morgan fingerprint density at radius 1 is 1.29 bits per heavy atom. The van der Waals surface area contributed by atoms with E-state index in [-0.39, 0.29) is 23.2 Å². The fourth-order valence-corrected chi connectivity index (χ4v) is 2.60. The SMILES string of the molecule is CC(C)(C)n1ncc2c(=O)n(CC(O)c3ccccc3F)cnc21. The zero-order valence-corrected chi connectivity index (χ0v) is 13.8. The lowest BCUT2D eigenvalue weighted by Gasteiger charge is -2.19. The molecule has 2 heterocycles. The number of benzene rings is 1. The summed E-state index contributed by atoms with van der Waals surface area (Å²) in [5.74, 6) is -0.507. The summed E-state index contributed by atoms with van der Waals surface area (Å²) in [5.41, 5.74) is 0.0185. The van der Waals surface area contributed by atoms with Crippen molar-refractivity contribution >= 4 is 11.0 Å². The average Bonchev–Trinajstić information content (AvgIpc) is 2.95. The third kappa shape index (κ3) is 2.82. The van der Waals surface area contributed by atoms with E-state index in [0.29, 0.717) is 11.0 Å². The Bertz CT molecular complexity index is 940. The molecule has 3 rings (SSSR count). The summed E-state index contributed by atoms with van der Waals surface area (Å²) in [7, 11) is 0. The average molecular weight is 330 g/mol. The van der Waals surface area contributed by atoms with E-state index in [2.05, 4.69) is 10.1 Å². The number of fused-ring (bicyclic) bond motifs is 1. The molecule has 7 heteroatoms. The molecule has 1 unspecified atom stereocenters. The fraction of sp³-hybridized carbons (Fsp3) is 0.353. The highest BCUT2D eigenvalue weighted by atomic mass is 19.1. The molecule has 0 amide bonds. The highest BCUT2D eigenvalue weighted by Gasteiger charge is 2.20. The molecule has 24 heavy (non-hydrogen) atoms. The van der Waals surface area contributed by atoms with Gasteiger partial charge in [0.1, 0.15) is 17.5 Å². The van der Waals surface area contributed by atoms with Crippen LogP contribution in [-0.4, -0.2) is 24.4 Å². The summed E-state index contributed by atoms with van der Waals surface area (Å²) < 4.78 is 16.7. The van der Waals surface area contributed by atoms with Crippen molar-refractivity contribution in [2.45, 2.75) is 39.0 Å². The molecule has 0 saturated heterocycles. The van der Waals surface area contributed by atoms with Crippen molar-refractivity contribution in [2.24, 2.45) is 0 Å². The number of aliphatic hydroxyl groups is 1. The first-order valence-electron chi connectivity index (χ1n) is 7.65. The minimum Gasteiger partial charge on any atom is -0.386 e. The normalized spacial score (nSPS) is 13.4. The van der Waals surface area contributed by atoms with Gasteiger partial charge in [0.2, 0.25) is 0 Å². The minimum atomic E-state index is -1.14. The summed E-state index contributed by atoms with van der Waals surface area (Å²) in [4.78, 5) is 16.9. The number of halogens is 1. The Morgan fingerprint density at radius 2 is 2.00 bits per heavy atom. The van der Waals surface area contributed by atoms with Gasteiger partial charge in [-0.1, -0.05) is 18.2 Å². The standard InChI is InChI=1S/C17H19FN4O2/c1-17(2,3)22-15-12(8-20-22)16(24)21(10-19-15)9-14(23)11-6-4-5-7-13(11)18/h4-8,10,14,23H,9H2,1-3H3. The zero-order valence-electron chi connectivity index (χ0n) is 13.8. The lowest BCUT2D eigenvalue weighted by Crippen LogP contribution is -2.26. The second-order valence-electron chi connectivity index (χ2n) is 6.70. The van der Waals surface area contributed by atoms with Crippen molar-refractivity contribution in [2.75, 3.05) is 0 Å². The first-order valence-corrected chi connectivity index (χ1v) is 7.65. The molecule has 0 aliphatic rings. The van der Waals surface area contributed by atoms with Gasteiger partial charge in [-0.2, -0.15) is 5.10 Å². The summed E-state index contributed by atoms with van der Waals surface area (Å²) in [6.45, 7) is 5.82. The van der Waals surface area contributed by atoms with Crippen LogP contribution in [0.4, 0.5) is 4.39 Å². The molecule has 0 saturated carbocycles. The van der Waals surface area contributed by atoms with Gasteiger partial charge in [-0.05, 0) is 26.8 Å². The van der Waals surface area contributed by atoms with Crippen LogP contribution < -0.4 is 5.56 Å². The van der Waals surface area contributed by atoms with Gasteiger partial charge in [0.05, 0.1) is 24.4 Å². The molecule has 0 radical (unpaired) electrons. The fourth-order valence-electron chi connectivity index (χ4n) is 2.60. The van der Waals surface area contributed by atoms with Crippen LogP contribution in [0.25, 0.3) is 11.0 Å². The Morgan fingerprint density at radius 3 is 2.67 bits per heavy atom. The van der Waals surface area contributed by atoms with Crippen molar-refractivity contribution in [1.29, 1.82) is 0 Å². The van der Waals surface area contributed by atoms with Crippen LogP contribution in [0.3, 0.4) is 0 Å². The first-order chi connectivity index (χ1) is 11.3. The van der Waals surface area contributed by atoms with Crippen LogP contribution in [0.15, 0.2) is 41.6 Å². The van der Waals surface area contributed by atoms with Gasteiger partial charge in [0, 0.05) is 5.56 Å². The van der Waals surface area contributed by atoms with E-state index in [1.54, 1.807) is 16.8 Å². The van der Waals surface area contributed by atoms with E-state index < -0.39 is 11.9 Å². The summed E-state index contributed by atoms with van der Waals surface area (Å²) in [6.07, 6.45) is 1.70. The summed E-state index contributed by atoms with van der Waals surface area (Å²) in [6, 6.07) is 5.95. The summed E-state index contributed by atoms with van der Waals surface area (Å²) in [5, 5.41) is 14.8. The number of hydrogen-bond acceptors (Lipinski definition) is 4. The minimum absolute atomic E-state index is 0.0800. The highest BCUT2D eigenvalue weighted by molar-refractivity contribution is 5.73. The lowest BCUT2D eigenvalue weighted by atomic mass is 10.1. The van der Waals surface area contributed by atoms with Crippen LogP contribution >= 0.6 is 0 Å². The van der Waals surface area contributed by atoms with Crippen molar-refractivity contribution in [3.8, 4) is 0 Å². The molecule has 126 valence electrons. The van der Waals surface area contributed by atoms with Gasteiger partial charge in [-0.3, -0.25) is 9.36 Å². The summed E-state index contributed by atoms with van der Waals surface area (Å²) >= 11 is 0. The zero-order chi connectivity index (χ0) is 17.5. The van der Waals surface area contributed by atoms with Crippen LogP contribution in [0.5, 0.6) is 0 Å². The second-order valence-corrected chi connectivity index (χ2v) is 6.70. The Kier molecular flexibility index (Phi) is 3.96. The molecule has 1 N–H and O–H groups in total. The molecule has 1 atom stereocenters. The van der Waals surface area contributed by atoms with Crippen molar-refractivity contribution in [1.82, 2.24) is 19.3 Å². The number of aromatic nitrogens is 4. The smallest absolute Gasteiger partial charge is 0.264 e. The topological polar surface area (TPSA) is 72.9 Å². The van der Waals surface area contributed by atoms with Gasteiger partial charge in [-0.25, -0.2) is 14.1 Å². The first kappa shape index (κ1) is 16.3. The highest BCUT2D eigenvalue weighted by Crippen LogP contribution is 2.20. The van der Waals surface area contributed by atoms with Gasteiger partial charge >= 0.3 is 0 Å². The Balaban J connectivity index is 1.99. The maximum Gasteiger partial charge on any atom is 0.264 e. The van der Waals surface area contributed by atoms with Crippen LogP contribution in [0, 0.1) is 5.82 Å². The van der Waals surface area contributed by atoms with E-state index in [0.717, 1.165) is 0 Å². The quantitative estimate of drug-likeness (QED) is 0.799. The molecule has 0 fully saturated rings. The predicted octanol–water partition coefficient (Wildman–Crippen LogP) is 2.22. The van der Waals surface area contributed by atoms with Crippen molar-refractivity contribution < 1.29 is 9.50 Å². The number of aliphatic hydroxyl groups excluding tert-OH is 1. The van der Waals surface area contributed by atoms with Gasteiger partial charge in [0.25, 0.3) is 5.56 Å². The third-order valence-electron chi connectivity index (χ3n) is 3.82. The van der Waals surface area contributed by atoms with Crippen molar-refractivity contribution in [3.63, 3.8) is 0 Å². The van der Waals surface area contributed by atoms with E-state index in [9.17, 15) is 14.3 Å².